The summed E-state index contributed by atoms with van der Waals surface area (Å²) < 4.78 is 24.1. The van der Waals surface area contributed by atoms with Crippen molar-refractivity contribution in [1.82, 2.24) is 0 Å². The van der Waals surface area contributed by atoms with Crippen molar-refractivity contribution in [2.24, 2.45) is 0 Å². The van der Waals surface area contributed by atoms with E-state index in [2.05, 4.69) is 18.2 Å². The zero-order valence-corrected chi connectivity index (χ0v) is 20.6. The van der Waals surface area contributed by atoms with E-state index in [0.29, 0.717) is 32.7 Å². The molecule has 0 radical (unpaired) electrons. The molecule has 2 saturated heterocycles. The minimum Gasteiger partial charge on any atom is -0.494 e. The quantitative estimate of drug-likeness (QED) is 0.398. The van der Waals surface area contributed by atoms with E-state index < -0.39 is 11.7 Å². The molecule has 35 heavy (non-hydrogen) atoms. The van der Waals surface area contributed by atoms with Crippen LogP contribution < -0.4 is 4.74 Å². The van der Waals surface area contributed by atoms with Crippen LogP contribution in [0, 0.1) is 0 Å². The minimum absolute atomic E-state index is 0.117. The number of aliphatic hydroxyl groups is 1. The standard InChI is InChI=1S/C29H31ClO5/c1-2-32-24-11-8-20(9-12-24)14-23-15-22(10-13-25(23)30)26-16-27(29(19-34-29)28(17-31)35-26)33-18-21-6-4-3-5-7-21/h3-13,15,26-28,31H,2,14,16-19H2,1H3/t26?,27?,28?,29-/m1/s1. The van der Waals surface area contributed by atoms with Crippen molar-refractivity contribution in [1.29, 1.82) is 0 Å². The highest BCUT2D eigenvalue weighted by atomic mass is 35.5. The largest absolute Gasteiger partial charge is 0.494 e. The Morgan fingerprint density at radius 3 is 2.49 bits per heavy atom. The highest BCUT2D eigenvalue weighted by Gasteiger charge is 2.62. The first-order valence-corrected chi connectivity index (χ1v) is 12.5. The second kappa shape index (κ2) is 10.7. The maximum atomic E-state index is 10.1. The van der Waals surface area contributed by atoms with Gasteiger partial charge in [0, 0.05) is 11.4 Å². The van der Waals surface area contributed by atoms with Gasteiger partial charge in [-0.15, -0.1) is 0 Å². The number of hydrogen-bond donors (Lipinski definition) is 1. The van der Waals surface area contributed by atoms with Gasteiger partial charge in [-0.2, -0.15) is 0 Å². The molecule has 0 aromatic heterocycles. The third-order valence-corrected chi connectivity index (χ3v) is 7.22. The van der Waals surface area contributed by atoms with E-state index in [1.54, 1.807) is 0 Å². The van der Waals surface area contributed by atoms with Crippen LogP contribution in [0.1, 0.15) is 41.7 Å². The number of epoxide rings is 1. The van der Waals surface area contributed by atoms with Gasteiger partial charge in [-0.3, -0.25) is 0 Å². The van der Waals surface area contributed by atoms with E-state index in [-0.39, 0.29) is 18.8 Å². The van der Waals surface area contributed by atoms with Crippen LogP contribution in [0.3, 0.4) is 0 Å². The van der Waals surface area contributed by atoms with E-state index in [0.717, 1.165) is 33.0 Å². The molecule has 5 rings (SSSR count). The fourth-order valence-corrected chi connectivity index (χ4v) is 5.02. The summed E-state index contributed by atoms with van der Waals surface area (Å²) in [7, 11) is 0. The number of aliphatic hydroxyl groups excluding tert-OH is 1. The topological polar surface area (TPSA) is 60.5 Å². The first-order chi connectivity index (χ1) is 17.1. The maximum Gasteiger partial charge on any atom is 0.146 e. The fraction of sp³-hybridized carbons (Fsp3) is 0.379. The molecule has 2 heterocycles. The Bertz CT molecular complexity index is 1110. The van der Waals surface area contributed by atoms with Crippen molar-refractivity contribution >= 4 is 11.6 Å². The van der Waals surface area contributed by atoms with Gasteiger partial charge in [-0.1, -0.05) is 66.2 Å². The van der Waals surface area contributed by atoms with Gasteiger partial charge in [0.2, 0.25) is 0 Å². The highest BCUT2D eigenvalue weighted by molar-refractivity contribution is 6.31. The third-order valence-electron chi connectivity index (χ3n) is 6.85. The number of hydrogen-bond acceptors (Lipinski definition) is 5. The third kappa shape index (κ3) is 5.40. The Hall–Kier alpha value is -2.41. The van der Waals surface area contributed by atoms with Gasteiger partial charge in [-0.25, -0.2) is 0 Å². The van der Waals surface area contributed by atoms with Crippen molar-refractivity contribution in [3.05, 3.63) is 100 Å². The normalized spacial score (nSPS) is 25.5. The lowest BCUT2D eigenvalue weighted by Gasteiger charge is -2.40. The lowest BCUT2D eigenvalue weighted by molar-refractivity contribution is -0.179. The molecular formula is C29H31ClO5. The second-order valence-electron chi connectivity index (χ2n) is 9.17. The molecule has 0 bridgehead atoms. The van der Waals surface area contributed by atoms with E-state index in [4.69, 9.17) is 30.5 Å². The molecule has 6 heteroatoms. The van der Waals surface area contributed by atoms with Gasteiger partial charge >= 0.3 is 0 Å². The molecule has 2 fully saturated rings. The van der Waals surface area contributed by atoms with E-state index >= 15 is 0 Å². The average molecular weight is 495 g/mol. The van der Waals surface area contributed by atoms with Gasteiger partial charge in [0.05, 0.1) is 38.6 Å². The van der Waals surface area contributed by atoms with Crippen LogP contribution in [0.5, 0.6) is 5.75 Å². The molecule has 0 amide bonds. The van der Waals surface area contributed by atoms with Crippen molar-refractivity contribution in [2.75, 3.05) is 19.8 Å². The van der Waals surface area contributed by atoms with Crippen LogP contribution in [0.4, 0.5) is 0 Å². The Labute approximate surface area is 211 Å². The van der Waals surface area contributed by atoms with Crippen LogP contribution in [-0.4, -0.2) is 42.7 Å². The monoisotopic (exact) mass is 494 g/mol. The summed E-state index contributed by atoms with van der Waals surface area (Å²) in [5.41, 5.74) is 3.74. The molecule has 1 spiro atoms. The molecule has 2 aliphatic rings. The highest BCUT2D eigenvalue weighted by Crippen LogP contribution is 2.48. The number of ether oxygens (including phenoxy) is 4. The van der Waals surface area contributed by atoms with Gasteiger partial charge in [0.1, 0.15) is 17.5 Å². The molecule has 0 aliphatic carbocycles. The first kappa shape index (κ1) is 24.3. The summed E-state index contributed by atoms with van der Waals surface area (Å²) in [6, 6.07) is 24.2. The van der Waals surface area contributed by atoms with Crippen molar-refractivity contribution < 1.29 is 24.1 Å². The lowest BCUT2D eigenvalue weighted by atomic mass is 9.86. The zero-order valence-electron chi connectivity index (χ0n) is 19.9. The van der Waals surface area contributed by atoms with E-state index in [1.165, 1.54) is 0 Å². The van der Waals surface area contributed by atoms with Crippen molar-refractivity contribution in [2.45, 2.75) is 50.3 Å². The van der Waals surface area contributed by atoms with Gasteiger partial charge < -0.3 is 24.1 Å². The Kier molecular flexibility index (Phi) is 7.42. The summed E-state index contributed by atoms with van der Waals surface area (Å²) in [6.45, 7) is 3.53. The first-order valence-electron chi connectivity index (χ1n) is 12.2. The minimum atomic E-state index is -0.572. The molecule has 2 aliphatic heterocycles. The van der Waals surface area contributed by atoms with Crippen LogP contribution in [0.25, 0.3) is 0 Å². The zero-order chi connectivity index (χ0) is 24.3. The molecule has 5 nitrogen and oxygen atoms in total. The van der Waals surface area contributed by atoms with E-state index in [1.807, 2.05) is 61.5 Å². The van der Waals surface area contributed by atoms with E-state index in [9.17, 15) is 5.11 Å². The van der Waals surface area contributed by atoms with Gasteiger partial charge in [0.15, 0.2) is 0 Å². The predicted molar refractivity (Wildman–Crippen MR) is 135 cm³/mol. The Balaban J connectivity index is 1.33. The number of halogens is 1. The molecule has 4 atom stereocenters. The second-order valence-corrected chi connectivity index (χ2v) is 9.57. The van der Waals surface area contributed by atoms with Crippen molar-refractivity contribution in [3.63, 3.8) is 0 Å². The summed E-state index contributed by atoms with van der Waals surface area (Å²) in [4.78, 5) is 0. The summed E-state index contributed by atoms with van der Waals surface area (Å²) in [6.07, 6.45) is 0.513. The number of rotatable bonds is 9. The summed E-state index contributed by atoms with van der Waals surface area (Å²) in [5.74, 6) is 0.861. The van der Waals surface area contributed by atoms with Crippen LogP contribution >= 0.6 is 11.6 Å². The molecule has 3 aromatic carbocycles. The molecule has 3 unspecified atom stereocenters. The van der Waals surface area contributed by atoms with Crippen LogP contribution in [0.2, 0.25) is 5.02 Å². The molecule has 1 N–H and O–H groups in total. The summed E-state index contributed by atoms with van der Waals surface area (Å²) in [5, 5.41) is 10.8. The average Bonchev–Trinajstić information content (AvgIpc) is 3.68. The fourth-order valence-electron chi connectivity index (χ4n) is 4.84. The predicted octanol–water partition coefficient (Wildman–Crippen LogP) is 5.51. The Morgan fingerprint density at radius 2 is 1.80 bits per heavy atom. The summed E-state index contributed by atoms with van der Waals surface area (Å²) >= 11 is 6.57. The lowest BCUT2D eigenvalue weighted by Crippen LogP contribution is -2.51. The van der Waals surface area contributed by atoms with Crippen molar-refractivity contribution in [3.8, 4) is 5.75 Å². The molecule has 184 valence electrons. The molecule has 3 aromatic rings. The maximum absolute atomic E-state index is 10.1. The molecule has 0 saturated carbocycles. The van der Waals surface area contributed by atoms with Gasteiger partial charge in [-0.05, 0) is 53.8 Å². The van der Waals surface area contributed by atoms with Crippen LogP contribution in [-0.2, 0) is 27.2 Å². The molecular weight excluding hydrogens is 464 g/mol. The Morgan fingerprint density at radius 1 is 1.03 bits per heavy atom. The smallest absolute Gasteiger partial charge is 0.146 e. The SMILES string of the molecule is CCOc1ccc(Cc2cc(C3CC(OCc4ccccc4)[C@]4(CO4)C(CO)O3)ccc2Cl)cc1. The number of benzene rings is 3. The van der Waals surface area contributed by atoms with Gasteiger partial charge in [0.25, 0.3) is 0 Å². The van der Waals surface area contributed by atoms with Crippen LogP contribution in [0.15, 0.2) is 72.8 Å².